The van der Waals surface area contributed by atoms with Crippen molar-refractivity contribution in [2.24, 2.45) is 0 Å². The van der Waals surface area contributed by atoms with Crippen LogP contribution >= 0.6 is 0 Å². The molecule has 1 unspecified atom stereocenters. The Bertz CT molecular complexity index is 475. The van der Waals surface area contributed by atoms with E-state index < -0.39 is 30.6 Å². The predicted molar refractivity (Wildman–Crippen MR) is 84.2 cm³/mol. The molecule has 24 heavy (non-hydrogen) atoms. The first-order valence-electron chi connectivity index (χ1n) is 7.73. The lowest BCUT2D eigenvalue weighted by atomic mass is 10.1. The van der Waals surface area contributed by atoms with E-state index in [2.05, 4.69) is 10.8 Å². The summed E-state index contributed by atoms with van der Waals surface area (Å²) in [6.45, 7) is 6.76. The van der Waals surface area contributed by atoms with Crippen LogP contribution in [0.25, 0.3) is 0 Å². The van der Waals surface area contributed by atoms with Crippen LogP contribution in [0.1, 0.15) is 53.4 Å². The molecular formula is C17H25F3O4. The molecule has 0 radical (unpaired) electrons. The van der Waals surface area contributed by atoms with Gasteiger partial charge >= 0.3 is 18.1 Å². The third-order valence-corrected chi connectivity index (χ3v) is 3.07. The molecule has 0 aliphatic rings. The molecule has 0 bridgehead atoms. The molecule has 0 saturated heterocycles. The van der Waals surface area contributed by atoms with Gasteiger partial charge in [-0.15, -0.1) is 0 Å². The summed E-state index contributed by atoms with van der Waals surface area (Å²) >= 11 is 0. The third kappa shape index (κ3) is 11.7. The van der Waals surface area contributed by atoms with Crippen LogP contribution in [-0.4, -0.2) is 30.8 Å². The Morgan fingerprint density at radius 3 is 2.12 bits per heavy atom. The van der Waals surface area contributed by atoms with Crippen molar-refractivity contribution in [1.82, 2.24) is 0 Å². The van der Waals surface area contributed by atoms with Crippen LogP contribution in [0.5, 0.6) is 0 Å². The first-order chi connectivity index (χ1) is 11.0. The third-order valence-electron chi connectivity index (χ3n) is 3.07. The van der Waals surface area contributed by atoms with E-state index in [1.807, 2.05) is 20.8 Å². The summed E-state index contributed by atoms with van der Waals surface area (Å²) in [5.74, 6) is -1.73. The van der Waals surface area contributed by atoms with E-state index in [0.717, 1.165) is 25.3 Å². The number of carbonyl (C=O) groups excluding carboxylic acids is 2. The second kappa shape index (κ2) is 10.9. The Morgan fingerprint density at radius 2 is 1.58 bits per heavy atom. The maximum absolute atomic E-state index is 12.2. The maximum Gasteiger partial charge on any atom is 0.425 e. The van der Waals surface area contributed by atoms with Gasteiger partial charge < -0.3 is 9.47 Å². The molecule has 0 aliphatic heterocycles. The van der Waals surface area contributed by atoms with Crippen molar-refractivity contribution in [3.63, 3.8) is 0 Å². The number of esters is 2. The summed E-state index contributed by atoms with van der Waals surface area (Å²) in [7, 11) is 0. The lowest BCUT2D eigenvalue weighted by Crippen LogP contribution is -2.31. The summed E-state index contributed by atoms with van der Waals surface area (Å²) in [6, 6.07) is 0. The highest BCUT2D eigenvalue weighted by Gasteiger charge is 2.39. The average Bonchev–Trinajstić information content (AvgIpc) is 2.43. The van der Waals surface area contributed by atoms with Gasteiger partial charge in [0.05, 0.1) is 12.8 Å². The lowest BCUT2D eigenvalue weighted by molar-refractivity contribution is -0.216. The average molecular weight is 350 g/mol. The molecule has 0 aromatic heterocycles. The van der Waals surface area contributed by atoms with Crippen LogP contribution in [0.4, 0.5) is 13.2 Å². The predicted octanol–water partition coefficient (Wildman–Crippen LogP) is 4.50. The topological polar surface area (TPSA) is 52.6 Å². The van der Waals surface area contributed by atoms with Gasteiger partial charge in [0.2, 0.25) is 0 Å². The van der Waals surface area contributed by atoms with Crippen LogP contribution in [0.15, 0.2) is 23.3 Å². The lowest BCUT2D eigenvalue weighted by Gasteiger charge is -2.15. The maximum atomic E-state index is 12.2. The zero-order chi connectivity index (χ0) is 18.8. The summed E-state index contributed by atoms with van der Waals surface area (Å²) in [4.78, 5) is 22.6. The van der Waals surface area contributed by atoms with Crippen LogP contribution < -0.4 is 0 Å². The monoisotopic (exact) mass is 350 g/mol. The zero-order valence-electron chi connectivity index (χ0n) is 14.5. The van der Waals surface area contributed by atoms with Crippen LogP contribution in [0, 0.1) is 0 Å². The number of ether oxygens (including phenoxy) is 2. The van der Waals surface area contributed by atoms with Crippen molar-refractivity contribution in [1.29, 1.82) is 0 Å². The minimum Gasteiger partial charge on any atom is -0.461 e. The molecule has 0 saturated carbocycles. The van der Waals surface area contributed by atoms with Gasteiger partial charge in [0, 0.05) is 0 Å². The number of allylic oxidation sites excluding steroid dienone is 3. The van der Waals surface area contributed by atoms with E-state index in [1.54, 1.807) is 6.08 Å². The summed E-state index contributed by atoms with van der Waals surface area (Å²) in [5, 5.41) is 0. The van der Waals surface area contributed by atoms with Gasteiger partial charge in [-0.2, -0.15) is 13.2 Å². The number of hydrogen-bond acceptors (Lipinski definition) is 4. The van der Waals surface area contributed by atoms with Gasteiger partial charge in [0.1, 0.15) is 6.61 Å². The van der Waals surface area contributed by atoms with Gasteiger partial charge in [-0.25, -0.2) is 0 Å². The van der Waals surface area contributed by atoms with E-state index in [9.17, 15) is 22.8 Å². The first kappa shape index (κ1) is 22.2. The second-order valence-electron chi connectivity index (χ2n) is 5.73. The minimum absolute atomic E-state index is 0.0769. The smallest absolute Gasteiger partial charge is 0.425 e. The standard InChI is InChI=1S/C17H25F3O4/c1-12(2)6-5-7-13(3)10-11-23-15(21)8-9-16(22)24-14(4)17(18,19)20/h6,10,14H,5,7-9,11H2,1-4H3/b13-10-. The molecule has 0 spiro atoms. The molecule has 0 aromatic rings. The summed E-state index contributed by atoms with van der Waals surface area (Å²) in [6.07, 6.45) is -1.92. The minimum atomic E-state index is -4.61. The fraction of sp³-hybridized carbons (Fsp3) is 0.647. The normalized spacial score (nSPS) is 13.2. The number of carbonyl (C=O) groups is 2. The van der Waals surface area contributed by atoms with E-state index >= 15 is 0 Å². The van der Waals surface area contributed by atoms with Crippen molar-refractivity contribution in [3.8, 4) is 0 Å². The quantitative estimate of drug-likeness (QED) is 0.454. The van der Waals surface area contributed by atoms with Gasteiger partial charge in [-0.05, 0) is 46.6 Å². The van der Waals surface area contributed by atoms with Crippen molar-refractivity contribution in [2.45, 2.75) is 65.7 Å². The molecule has 0 heterocycles. The Labute approximate surface area is 140 Å². The SMILES string of the molecule is CC(C)=CCC/C(C)=C\COC(=O)CCC(=O)OC(C)C(F)(F)F. The highest BCUT2D eigenvalue weighted by molar-refractivity contribution is 5.77. The van der Waals surface area contributed by atoms with Gasteiger partial charge in [0.15, 0.2) is 6.10 Å². The Hall–Kier alpha value is -1.79. The van der Waals surface area contributed by atoms with Crippen LogP contribution in [0.3, 0.4) is 0 Å². The first-order valence-corrected chi connectivity index (χ1v) is 7.73. The van der Waals surface area contributed by atoms with Gasteiger partial charge in [-0.1, -0.05) is 17.2 Å². The van der Waals surface area contributed by atoms with E-state index in [-0.39, 0.29) is 13.0 Å². The van der Waals surface area contributed by atoms with E-state index in [1.165, 1.54) is 5.57 Å². The largest absolute Gasteiger partial charge is 0.461 e. The molecular weight excluding hydrogens is 325 g/mol. The van der Waals surface area contributed by atoms with Gasteiger partial charge in [0.25, 0.3) is 0 Å². The zero-order valence-corrected chi connectivity index (χ0v) is 14.5. The van der Waals surface area contributed by atoms with Gasteiger partial charge in [-0.3, -0.25) is 9.59 Å². The Morgan fingerprint density at radius 1 is 1.00 bits per heavy atom. The summed E-state index contributed by atoms with van der Waals surface area (Å²) < 4.78 is 45.7. The fourth-order valence-corrected chi connectivity index (χ4v) is 1.57. The molecule has 138 valence electrons. The number of alkyl halides is 3. The van der Waals surface area contributed by atoms with Crippen LogP contribution in [-0.2, 0) is 19.1 Å². The second-order valence-corrected chi connectivity index (χ2v) is 5.73. The summed E-state index contributed by atoms with van der Waals surface area (Å²) in [5.41, 5.74) is 2.31. The molecule has 0 aromatic carbocycles. The van der Waals surface area contributed by atoms with E-state index in [4.69, 9.17) is 4.74 Å². The molecule has 4 nitrogen and oxygen atoms in total. The highest BCUT2D eigenvalue weighted by atomic mass is 19.4. The van der Waals surface area contributed by atoms with Crippen LogP contribution in [0.2, 0.25) is 0 Å². The Kier molecular flexibility index (Phi) is 10.1. The molecule has 1 atom stereocenters. The molecule has 0 rings (SSSR count). The van der Waals surface area contributed by atoms with E-state index in [0.29, 0.717) is 0 Å². The van der Waals surface area contributed by atoms with Crippen molar-refractivity contribution < 1.29 is 32.2 Å². The number of halogens is 3. The van der Waals surface area contributed by atoms with Crippen molar-refractivity contribution in [2.75, 3.05) is 6.61 Å². The molecule has 7 heteroatoms. The molecule has 0 amide bonds. The molecule has 0 aliphatic carbocycles. The highest BCUT2D eigenvalue weighted by Crippen LogP contribution is 2.22. The van der Waals surface area contributed by atoms with Crippen molar-refractivity contribution >= 4 is 11.9 Å². The van der Waals surface area contributed by atoms with Crippen molar-refractivity contribution in [3.05, 3.63) is 23.3 Å². The Balaban J connectivity index is 3.98. The number of rotatable bonds is 9. The molecule has 0 N–H and O–H groups in total. The number of hydrogen-bond donors (Lipinski definition) is 0. The fourth-order valence-electron chi connectivity index (χ4n) is 1.57. The molecule has 0 fully saturated rings.